The van der Waals surface area contributed by atoms with E-state index >= 15 is 0 Å². The largest absolute Gasteiger partial charge is 1.00 e. The van der Waals surface area contributed by atoms with Gasteiger partial charge >= 0.3 is 51.4 Å². The van der Waals surface area contributed by atoms with Gasteiger partial charge in [0.05, 0.1) is 12.8 Å². The zero-order valence-electron chi connectivity index (χ0n) is 16.8. The van der Waals surface area contributed by atoms with Crippen LogP contribution in [0.15, 0.2) is 46.7 Å². The Balaban J connectivity index is 0.00000392. The second-order valence-electron chi connectivity index (χ2n) is 5.75. The Kier molecular flexibility index (Phi) is 10.4. The molecule has 0 unspecified atom stereocenters. The molecular weight excluding hydrogens is 384 g/mol. The van der Waals surface area contributed by atoms with Crippen LogP contribution >= 0.6 is 0 Å². The molecule has 2 aromatic rings. The summed E-state index contributed by atoms with van der Waals surface area (Å²) >= 11 is 0. The molecule has 0 spiro atoms. The molecule has 140 valence electrons. The summed E-state index contributed by atoms with van der Waals surface area (Å²) in [5, 5.41) is 12.2. The summed E-state index contributed by atoms with van der Waals surface area (Å²) < 4.78 is 13.6. The minimum atomic E-state index is -0.416. The van der Waals surface area contributed by atoms with Crippen LogP contribution in [0.1, 0.15) is 34.7 Å². The number of rotatable bonds is 6. The van der Waals surface area contributed by atoms with Gasteiger partial charge < -0.3 is 15.0 Å². The maximum Gasteiger partial charge on any atom is 1.00 e. The summed E-state index contributed by atoms with van der Waals surface area (Å²) in [4.78, 5) is 10.4. The van der Waals surface area contributed by atoms with Crippen molar-refractivity contribution in [2.45, 2.75) is 20.5 Å². The number of oxime groups is 2. The zero-order valence-corrected chi connectivity index (χ0v) is 19.9. The van der Waals surface area contributed by atoms with Crippen LogP contribution in [0, 0.1) is 25.1 Å². The quantitative estimate of drug-likeness (QED) is 0.240. The van der Waals surface area contributed by atoms with Crippen LogP contribution < -0.4 is 51.4 Å². The Morgan fingerprint density at radius 3 is 2.64 bits per heavy atom. The number of aryl methyl sites for hydroxylation is 1. The standard InChI is InChI=1S/C21H21FN3O2.K/c1-6-16-10-17(12-18(22)11-16)15(3)24-27-13-20-14(2)8-7-9-19(20)21(23-4)25-26-5;/h1,7-12H,13H2,2-5H3;/q-1;+1/b24-15+;. The first kappa shape index (κ1) is 24.3. The summed E-state index contributed by atoms with van der Waals surface area (Å²) in [6.07, 6.45) is 5.35. The fraction of sp³-hybridized carbons (Fsp3) is 0.238. The van der Waals surface area contributed by atoms with Crippen molar-refractivity contribution in [3.63, 3.8) is 0 Å². The van der Waals surface area contributed by atoms with Crippen LogP contribution in [0.4, 0.5) is 4.39 Å². The summed E-state index contributed by atoms with van der Waals surface area (Å²) in [7, 11) is 3.11. The molecule has 0 atom stereocenters. The fourth-order valence-corrected chi connectivity index (χ4v) is 2.53. The Labute approximate surface area is 207 Å². The van der Waals surface area contributed by atoms with Gasteiger partial charge in [0, 0.05) is 16.7 Å². The van der Waals surface area contributed by atoms with Crippen molar-refractivity contribution in [2.75, 3.05) is 14.2 Å². The number of benzene rings is 2. The number of terminal acetylenes is 1. The van der Waals surface area contributed by atoms with Gasteiger partial charge in [0.2, 0.25) is 0 Å². The fourth-order valence-electron chi connectivity index (χ4n) is 2.53. The van der Waals surface area contributed by atoms with E-state index in [-0.39, 0.29) is 58.0 Å². The normalized spacial score (nSPS) is 11.3. The molecule has 28 heavy (non-hydrogen) atoms. The van der Waals surface area contributed by atoms with Crippen molar-refractivity contribution in [1.29, 1.82) is 0 Å². The molecule has 5 nitrogen and oxygen atoms in total. The van der Waals surface area contributed by atoms with Crippen molar-refractivity contribution in [2.24, 2.45) is 10.3 Å². The van der Waals surface area contributed by atoms with Gasteiger partial charge in [-0.1, -0.05) is 36.3 Å². The van der Waals surface area contributed by atoms with Crippen molar-refractivity contribution in [3.8, 4) is 12.3 Å². The van der Waals surface area contributed by atoms with Crippen LogP contribution in [-0.4, -0.2) is 25.7 Å². The van der Waals surface area contributed by atoms with Gasteiger partial charge in [-0.2, -0.15) is 0 Å². The molecule has 0 heterocycles. The van der Waals surface area contributed by atoms with E-state index in [1.165, 1.54) is 19.2 Å². The molecule has 0 N–H and O–H groups in total. The van der Waals surface area contributed by atoms with Gasteiger partial charge in [-0.25, -0.2) is 4.39 Å². The van der Waals surface area contributed by atoms with E-state index in [1.54, 1.807) is 20.0 Å². The number of hydrogen-bond donors (Lipinski definition) is 0. The molecule has 0 aliphatic heterocycles. The van der Waals surface area contributed by atoms with E-state index in [4.69, 9.17) is 16.1 Å². The molecule has 0 radical (unpaired) electrons. The molecule has 0 saturated heterocycles. The van der Waals surface area contributed by atoms with E-state index in [0.29, 0.717) is 22.7 Å². The van der Waals surface area contributed by atoms with Crippen LogP contribution in [0.5, 0.6) is 0 Å². The summed E-state index contributed by atoms with van der Waals surface area (Å²) in [5.41, 5.74) is 4.23. The van der Waals surface area contributed by atoms with E-state index in [1.807, 2.05) is 25.1 Å². The van der Waals surface area contributed by atoms with Crippen LogP contribution in [-0.2, 0) is 16.3 Å². The predicted octanol–water partition coefficient (Wildman–Crippen LogP) is 1.37. The van der Waals surface area contributed by atoms with Crippen LogP contribution in [0.25, 0.3) is 5.32 Å². The smallest absolute Gasteiger partial charge is 0.497 e. The third-order valence-electron chi connectivity index (χ3n) is 3.93. The Bertz CT molecular complexity index is 920. The van der Waals surface area contributed by atoms with Crippen molar-refractivity contribution in [1.82, 2.24) is 0 Å². The molecule has 2 rings (SSSR count). The first-order valence-electron chi connectivity index (χ1n) is 8.24. The van der Waals surface area contributed by atoms with Crippen LogP contribution in [0.3, 0.4) is 0 Å². The van der Waals surface area contributed by atoms with E-state index < -0.39 is 5.82 Å². The van der Waals surface area contributed by atoms with Gasteiger partial charge in [0.15, 0.2) is 0 Å². The Morgan fingerprint density at radius 1 is 1.25 bits per heavy atom. The zero-order chi connectivity index (χ0) is 19.8. The maximum absolute atomic E-state index is 13.6. The average Bonchev–Trinajstić information content (AvgIpc) is 2.66. The number of halogens is 1. The molecule has 0 aliphatic carbocycles. The number of hydrogen-bond acceptors (Lipinski definition) is 4. The molecule has 7 heteroatoms. The van der Waals surface area contributed by atoms with E-state index in [0.717, 1.165) is 16.7 Å². The molecular formula is C21H21FKN3O2. The Hall–Kier alpha value is -1.69. The molecule has 2 aromatic carbocycles. The number of nitrogens with zero attached hydrogens (tertiary/aromatic N) is 3. The molecule has 0 bridgehead atoms. The summed E-state index contributed by atoms with van der Waals surface area (Å²) in [6.45, 7) is 3.90. The summed E-state index contributed by atoms with van der Waals surface area (Å²) in [6, 6.07) is 10.1. The third kappa shape index (κ3) is 6.43. The predicted molar refractivity (Wildman–Crippen MR) is 105 cm³/mol. The molecule has 0 amide bonds. The van der Waals surface area contributed by atoms with E-state index in [9.17, 15) is 4.39 Å². The average molecular weight is 406 g/mol. The maximum atomic E-state index is 13.6. The van der Waals surface area contributed by atoms with Gasteiger partial charge in [-0.3, -0.25) is 5.16 Å². The molecule has 0 aliphatic rings. The third-order valence-corrected chi connectivity index (χ3v) is 3.93. The van der Waals surface area contributed by atoms with Crippen molar-refractivity contribution >= 4 is 11.5 Å². The van der Waals surface area contributed by atoms with E-state index in [2.05, 4.69) is 21.5 Å². The monoisotopic (exact) mass is 405 g/mol. The van der Waals surface area contributed by atoms with Gasteiger partial charge in [0.1, 0.15) is 12.4 Å². The minimum absolute atomic E-state index is 0. The SMILES string of the molecule is C#Cc1cc(F)cc(/C(C)=N/OCc2c(C)cccc2/C(=N\OC)[N-]C)c1.[K+]. The molecule has 0 fully saturated rings. The van der Waals surface area contributed by atoms with Crippen molar-refractivity contribution < 1.29 is 65.5 Å². The molecule has 0 aromatic heterocycles. The van der Waals surface area contributed by atoms with Crippen molar-refractivity contribution in [3.05, 3.63) is 75.3 Å². The number of amidine groups is 1. The van der Waals surface area contributed by atoms with Gasteiger partial charge in [0.25, 0.3) is 0 Å². The van der Waals surface area contributed by atoms with Gasteiger partial charge in [-0.05, 0) is 49.0 Å². The first-order chi connectivity index (χ1) is 13.0. The first-order valence-corrected chi connectivity index (χ1v) is 8.24. The topological polar surface area (TPSA) is 57.3 Å². The second-order valence-corrected chi connectivity index (χ2v) is 5.75. The second kappa shape index (κ2) is 12.0. The Morgan fingerprint density at radius 2 is 2.00 bits per heavy atom. The molecule has 0 saturated carbocycles. The minimum Gasteiger partial charge on any atom is -0.497 e. The van der Waals surface area contributed by atoms with Crippen LogP contribution in [0.2, 0.25) is 0 Å². The van der Waals surface area contributed by atoms with Gasteiger partial charge in [-0.15, -0.1) is 6.42 Å². The summed E-state index contributed by atoms with van der Waals surface area (Å²) in [5.74, 6) is 2.47.